The minimum absolute atomic E-state index is 0.182. The third kappa shape index (κ3) is 4.01. The van der Waals surface area contributed by atoms with E-state index in [0.717, 1.165) is 11.4 Å². The second-order valence-electron chi connectivity index (χ2n) is 4.84. The molecule has 1 aromatic rings. The molecule has 0 N–H and O–H groups in total. The number of carbonyl (C=O) groups is 1. The van der Waals surface area contributed by atoms with Gasteiger partial charge in [-0.3, -0.25) is 4.79 Å². The molecule has 0 saturated carbocycles. The van der Waals surface area contributed by atoms with E-state index in [1.165, 1.54) is 4.88 Å². The average molecular weight is 211 g/mol. The number of rotatable bonds is 3. The number of thiazole rings is 1. The van der Waals surface area contributed by atoms with Gasteiger partial charge in [0.05, 0.1) is 6.42 Å². The first kappa shape index (κ1) is 11.4. The Morgan fingerprint density at radius 2 is 2.14 bits per heavy atom. The molecule has 14 heavy (non-hydrogen) atoms. The van der Waals surface area contributed by atoms with Gasteiger partial charge in [-0.2, -0.15) is 0 Å². The highest BCUT2D eigenvalue weighted by atomic mass is 32.1. The van der Waals surface area contributed by atoms with Gasteiger partial charge in [-0.05, 0) is 18.8 Å². The number of Topliss-reactive ketones (excluding diaryl/α,β-unsaturated/α-hetero) is 1. The number of aromatic nitrogens is 1. The maximum atomic E-state index is 10.9. The SMILES string of the molecule is CC(=O)Cc1ncc(CC(C)(C)C)s1. The molecule has 0 saturated heterocycles. The van der Waals surface area contributed by atoms with Crippen LogP contribution in [0, 0.1) is 5.41 Å². The standard InChI is InChI=1S/C11H17NOS/c1-8(13)5-10-12-7-9(14-10)6-11(2,3)4/h7H,5-6H2,1-4H3. The Bertz CT molecular complexity index is 322. The van der Waals surface area contributed by atoms with E-state index in [0.29, 0.717) is 11.8 Å². The quantitative estimate of drug-likeness (QED) is 0.769. The van der Waals surface area contributed by atoms with Crippen LogP contribution in [0.25, 0.3) is 0 Å². The van der Waals surface area contributed by atoms with Crippen molar-refractivity contribution in [3.8, 4) is 0 Å². The van der Waals surface area contributed by atoms with Gasteiger partial charge in [-0.25, -0.2) is 4.98 Å². The van der Waals surface area contributed by atoms with Crippen molar-refractivity contribution in [2.45, 2.75) is 40.5 Å². The topological polar surface area (TPSA) is 30.0 Å². The Balaban J connectivity index is 2.64. The molecule has 0 radical (unpaired) electrons. The fraction of sp³-hybridized carbons (Fsp3) is 0.636. The molecular weight excluding hydrogens is 194 g/mol. The summed E-state index contributed by atoms with van der Waals surface area (Å²) >= 11 is 1.66. The Kier molecular flexibility index (Phi) is 3.43. The molecule has 1 aromatic heterocycles. The van der Waals surface area contributed by atoms with Crippen molar-refractivity contribution in [3.05, 3.63) is 16.1 Å². The summed E-state index contributed by atoms with van der Waals surface area (Å²) in [4.78, 5) is 16.4. The monoisotopic (exact) mass is 211 g/mol. The summed E-state index contributed by atoms with van der Waals surface area (Å²) in [6.45, 7) is 8.22. The lowest BCUT2D eigenvalue weighted by molar-refractivity contribution is -0.116. The minimum atomic E-state index is 0.182. The molecule has 2 nitrogen and oxygen atoms in total. The number of hydrogen-bond donors (Lipinski definition) is 0. The summed E-state index contributed by atoms with van der Waals surface area (Å²) in [5, 5.41) is 0.941. The van der Waals surface area contributed by atoms with E-state index < -0.39 is 0 Å². The highest BCUT2D eigenvalue weighted by Crippen LogP contribution is 2.24. The van der Waals surface area contributed by atoms with Gasteiger partial charge in [-0.15, -0.1) is 11.3 Å². The summed E-state index contributed by atoms with van der Waals surface area (Å²) in [5.74, 6) is 0.182. The summed E-state index contributed by atoms with van der Waals surface area (Å²) in [6.07, 6.45) is 3.41. The van der Waals surface area contributed by atoms with Crippen molar-refractivity contribution < 1.29 is 4.79 Å². The lowest BCUT2D eigenvalue weighted by Gasteiger charge is -2.15. The van der Waals surface area contributed by atoms with Gasteiger partial charge in [0.1, 0.15) is 10.8 Å². The van der Waals surface area contributed by atoms with Crippen LogP contribution >= 0.6 is 11.3 Å². The van der Waals surface area contributed by atoms with Gasteiger partial charge >= 0.3 is 0 Å². The third-order valence-electron chi connectivity index (χ3n) is 1.71. The first-order chi connectivity index (χ1) is 6.37. The number of ketones is 1. The van der Waals surface area contributed by atoms with Crippen molar-refractivity contribution in [2.75, 3.05) is 0 Å². The van der Waals surface area contributed by atoms with Crippen molar-refractivity contribution in [2.24, 2.45) is 5.41 Å². The first-order valence-corrected chi connectivity index (χ1v) is 5.61. The molecule has 0 amide bonds. The molecule has 0 aliphatic rings. The molecule has 0 aromatic carbocycles. The Hall–Kier alpha value is -0.700. The zero-order chi connectivity index (χ0) is 10.8. The van der Waals surface area contributed by atoms with E-state index in [1.54, 1.807) is 18.3 Å². The van der Waals surface area contributed by atoms with Gasteiger partial charge < -0.3 is 0 Å². The Labute approximate surface area is 89.4 Å². The van der Waals surface area contributed by atoms with E-state index >= 15 is 0 Å². The fourth-order valence-electron chi connectivity index (χ4n) is 1.25. The van der Waals surface area contributed by atoms with E-state index in [4.69, 9.17) is 0 Å². The Morgan fingerprint density at radius 1 is 1.50 bits per heavy atom. The molecule has 0 aliphatic heterocycles. The largest absolute Gasteiger partial charge is 0.300 e. The highest BCUT2D eigenvalue weighted by Gasteiger charge is 2.13. The summed E-state index contributed by atoms with van der Waals surface area (Å²) in [6, 6.07) is 0. The van der Waals surface area contributed by atoms with Crippen molar-refractivity contribution in [3.63, 3.8) is 0 Å². The van der Waals surface area contributed by atoms with Crippen molar-refractivity contribution in [1.82, 2.24) is 4.98 Å². The van der Waals surface area contributed by atoms with Crippen LogP contribution in [0.2, 0.25) is 0 Å². The maximum absolute atomic E-state index is 10.9. The van der Waals surface area contributed by atoms with E-state index in [1.807, 2.05) is 6.20 Å². The molecule has 0 fully saturated rings. The smallest absolute Gasteiger partial charge is 0.136 e. The molecule has 0 aliphatic carbocycles. The van der Waals surface area contributed by atoms with Crippen LogP contribution in [0.4, 0.5) is 0 Å². The normalized spacial score (nSPS) is 11.7. The summed E-state index contributed by atoms with van der Waals surface area (Å²) < 4.78 is 0. The molecule has 0 atom stereocenters. The van der Waals surface area contributed by atoms with Crippen LogP contribution in [0.15, 0.2) is 6.20 Å². The van der Waals surface area contributed by atoms with Gasteiger partial charge in [-0.1, -0.05) is 20.8 Å². The predicted molar refractivity (Wildman–Crippen MR) is 59.7 cm³/mol. The molecule has 0 spiro atoms. The third-order valence-corrected chi connectivity index (χ3v) is 2.70. The zero-order valence-corrected chi connectivity index (χ0v) is 10.1. The van der Waals surface area contributed by atoms with E-state index in [-0.39, 0.29) is 5.78 Å². The van der Waals surface area contributed by atoms with Gasteiger partial charge in [0.25, 0.3) is 0 Å². The molecule has 3 heteroatoms. The maximum Gasteiger partial charge on any atom is 0.136 e. The van der Waals surface area contributed by atoms with Gasteiger partial charge in [0.15, 0.2) is 0 Å². The first-order valence-electron chi connectivity index (χ1n) is 4.80. The number of hydrogen-bond acceptors (Lipinski definition) is 3. The fourth-order valence-corrected chi connectivity index (χ4v) is 2.54. The highest BCUT2D eigenvalue weighted by molar-refractivity contribution is 7.11. The van der Waals surface area contributed by atoms with Crippen LogP contribution < -0.4 is 0 Å². The molecule has 0 bridgehead atoms. The molecule has 1 rings (SSSR count). The Morgan fingerprint density at radius 3 is 2.64 bits per heavy atom. The average Bonchev–Trinajstić information content (AvgIpc) is 2.30. The van der Waals surface area contributed by atoms with Crippen LogP contribution in [0.3, 0.4) is 0 Å². The van der Waals surface area contributed by atoms with Gasteiger partial charge in [0.2, 0.25) is 0 Å². The molecule has 78 valence electrons. The summed E-state index contributed by atoms with van der Waals surface area (Å²) in [7, 11) is 0. The van der Waals surface area contributed by atoms with Crippen molar-refractivity contribution in [1.29, 1.82) is 0 Å². The second kappa shape index (κ2) is 4.22. The lowest BCUT2D eigenvalue weighted by Crippen LogP contribution is -2.07. The molecule has 1 heterocycles. The van der Waals surface area contributed by atoms with Crippen molar-refractivity contribution >= 4 is 17.1 Å². The summed E-state index contributed by atoms with van der Waals surface area (Å²) in [5.41, 5.74) is 0.292. The van der Waals surface area contributed by atoms with E-state index in [2.05, 4.69) is 25.8 Å². The minimum Gasteiger partial charge on any atom is -0.300 e. The van der Waals surface area contributed by atoms with E-state index in [9.17, 15) is 4.79 Å². The lowest BCUT2D eigenvalue weighted by atomic mass is 9.92. The molecule has 0 unspecified atom stereocenters. The van der Waals surface area contributed by atoms with Gasteiger partial charge in [0, 0.05) is 11.1 Å². The number of carbonyl (C=O) groups excluding carboxylic acids is 1. The van der Waals surface area contributed by atoms with Crippen LogP contribution in [-0.4, -0.2) is 10.8 Å². The predicted octanol–water partition coefficient (Wildman–Crippen LogP) is 2.86. The zero-order valence-electron chi connectivity index (χ0n) is 9.26. The molecular formula is C11H17NOS. The number of nitrogens with zero attached hydrogens (tertiary/aromatic N) is 1. The van der Waals surface area contributed by atoms with Crippen LogP contribution in [-0.2, 0) is 17.6 Å². The van der Waals surface area contributed by atoms with Crippen LogP contribution in [0.1, 0.15) is 37.6 Å². The second-order valence-corrected chi connectivity index (χ2v) is 6.04. The van der Waals surface area contributed by atoms with Crippen LogP contribution in [0.5, 0.6) is 0 Å².